The lowest BCUT2D eigenvalue weighted by Gasteiger charge is -2.29. The first-order valence-corrected chi connectivity index (χ1v) is 11.0. The van der Waals surface area contributed by atoms with Gasteiger partial charge in [0.15, 0.2) is 6.20 Å². The zero-order valence-corrected chi connectivity index (χ0v) is 17.6. The molecular weight excluding hydrogens is 402 g/mol. The van der Waals surface area contributed by atoms with Gasteiger partial charge in [0, 0.05) is 38.8 Å². The maximum absolute atomic E-state index is 12.7. The van der Waals surface area contributed by atoms with Crippen molar-refractivity contribution < 1.29 is 9.49 Å². The molecule has 160 valence electrons. The molecule has 0 bridgehead atoms. The Kier molecular flexibility index (Phi) is 4.57. The second-order valence-electron chi connectivity index (χ2n) is 8.21. The van der Waals surface area contributed by atoms with Crippen molar-refractivity contribution in [2.75, 3.05) is 36.4 Å². The van der Waals surface area contributed by atoms with E-state index in [0.717, 1.165) is 60.1 Å². The summed E-state index contributed by atoms with van der Waals surface area (Å²) < 4.78 is 1.93. The lowest BCUT2D eigenvalue weighted by Crippen LogP contribution is -2.43. The van der Waals surface area contributed by atoms with Gasteiger partial charge >= 0.3 is 0 Å². The molecule has 1 aromatic heterocycles. The van der Waals surface area contributed by atoms with Gasteiger partial charge in [-0.2, -0.15) is 0 Å². The minimum Gasteiger partial charge on any atom is -0.368 e. The van der Waals surface area contributed by atoms with E-state index in [-0.39, 0.29) is 11.9 Å². The quantitative estimate of drug-likeness (QED) is 0.655. The van der Waals surface area contributed by atoms with Crippen LogP contribution in [0.4, 0.5) is 17.2 Å². The fourth-order valence-electron chi connectivity index (χ4n) is 4.71. The summed E-state index contributed by atoms with van der Waals surface area (Å²) in [4.78, 5) is 19.6. The summed E-state index contributed by atoms with van der Waals surface area (Å²) in [5.41, 5.74) is 5.73. The molecule has 5 heterocycles. The Morgan fingerprint density at radius 2 is 2.03 bits per heavy atom. The van der Waals surface area contributed by atoms with Crippen LogP contribution in [-0.4, -0.2) is 47.8 Å². The van der Waals surface area contributed by atoms with E-state index in [1.54, 1.807) is 0 Å². The van der Waals surface area contributed by atoms with Crippen LogP contribution in [0.15, 0.2) is 66.2 Å². The number of pyridine rings is 1. The van der Waals surface area contributed by atoms with Gasteiger partial charge in [0.1, 0.15) is 12.0 Å². The normalized spacial score (nSPS) is 21.1. The van der Waals surface area contributed by atoms with Crippen LogP contribution in [0.3, 0.4) is 0 Å². The van der Waals surface area contributed by atoms with Gasteiger partial charge in [-0.15, -0.1) is 0 Å². The molecule has 32 heavy (non-hydrogen) atoms. The van der Waals surface area contributed by atoms with E-state index in [1.165, 1.54) is 0 Å². The highest BCUT2D eigenvalue weighted by atomic mass is 16.1. The van der Waals surface area contributed by atoms with Gasteiger partial charge in [0.2, 0.25) is 6.04 Å². The number of carbonyl (C=O) groups excluding carboxylic acids is 1. The third-order valence-corrected chi connectivity index (χ3v) is 6.35. The Hall–Kier alpha value is -3.78. The summed E-state index contributed by atoms with van der Waals surface area (Å²) in [5, 5.41) is 14.2. The SMILES string of the molecule is O=C1NCc2c(C3=CN=[N+]4C=CC=CC34)ccc(Nc3ccc(N4CCNCC4)cn3)c21. The van der Waals surface area contributed by atoms with E-state index < -0.39 is 0 Å². The number of benzene rings is 1. The van der Waals surface area contributed by atoms with E-state index in [2.05, 4.69) is 49.2 Å². The number of aromatic nitrogens is 1. The van der Waals surface area contributed by atoms with Crippen LogP contribution in [0.25, 0.3) is 5.57 Å². The minimum atomic E-state index is -0.0618. The Labute approximate surface area is 186 Å². The molecule has 4 aliphatic heterocycles. The van der Waals surface area contributed by atoms with Gasteiger partial charge in [-0.1, -0.05) is 16.8 Å². The number of rotatable bonds is 4. The summed E-state index contributed by atoms with van der Waals surface area (Å²) in [6.45, 7) is 4.45. The molecular formula is C24H24N7O+. The van der Waals surface area contributed by atoms with E-state index in [9.17, 15) is 4.79 Å². The molecule has 1 saturated heterocycles. The topological polar surface area (TPSA) is 84.7 Å². The smallest absolute Gasteiger partial charge is 0.254 e. The number of nitrogens with zero attached hydrogens (tertiary/aromatic N) is 4. The molecule has 0 spiro atoms. The van der Waals surface area contributed by atoms with Crippen molar-refractivity contribution >= 4 is 28.7 Å². The summed E-state index contributed by atoms with van der Waals surface area (Å²) in [7, 11) is 0. The molecule has 1 atom stereocenters. The Bertz CT molecular complexity index is 1200. The molecule has 1 amide bonds. The van der Waals surface area contributed by atoms with E-state index in [4.69, 9.17) is 0 Å². The third kappa shape index (κ3) is 3.20. The van der Waals surface area contributed by atoms with Crippen molar-refractivity contribution in [3.63, 3.8) is 0 Å². The number of carbonyl (C=O) groups is 1. The minimum absolute atomic E-state index is 0.0618. The molecule has 1 aromatic carbocycles. The first-order chi connectivity index (χ1) is 15.8. The molecule has 0 radical (unpaired) electrons. The fraction of sp³-hybridized carbons (Fsp3) is 0.250. The molecule has 8 nitrogen and oxygen atoms in total. The molecule has 8 heteroatoms. The van der Waals surface area contributed by atoms with Gasteiger partial charge in [0.25, 0.3) is 5.91 Å². The second kappa shape index (κ2) is 7.72. The van der Waals surface area contributed by atoms with Crippen molar-refractivity contribution in [3.05, 3.63) is 77.8 Å². The molecule has 3 N–H and O–H groups in total. The average molecular weight is 427 g/mol. The average Bonchev–Trinajstić information content (AvgIpc) is 3.45. The molecule has 0 saturated carbocycles. The number of azo groups is 2. The highest BCUT2D eigenvalue weighted by Crippen LogP contribution is 2.37. The van der Waals surface area contributed by atoms with Crippen molar-refractivity contribution in [1.29, 1.82) is 0 Å². The number of anilines is 3. The molecule has 4 aliphatic rings. The standard InChI is InChI=1S/C24H23N7O/c32-24-23-19(14-27-24)17(18-15-28-31-10-2-1-3-21(18)31)5-6-20(23)29-22-7-4-16(13-26-22)30-11-8-25-9-12-30/h1-7,10,13,15,21,25H,8-9,11-12,14H2,(H,27,32)/p+1. The van der Waals surface area contributed by atoms with Crippen LogP contribution >= 0.6 is 0 Å². The number of hydrogen-bond donors (Lipinski definition) is 3. The highest BCUT2D eigenvalue weighted by Gasteiger charge is 2.35. The monoisotopic (exact) mass is 426 g/mol. The van der Waals surface area contributed by atoms with Crippen LogP contribution in [0, 0.1) is 0 Å². The first-order valence-electron chi connectivity index (χ1n) is 11.0. The molecule has 6 rings (SSSR count). The first kappa shape index (κ1) is 18.9. The number of hydrogen-bond acceptors (Lipinski definition) is 6. The van der Waals surface area contributed by atoms with E-state index in [0.29, 0.717) is 12.1 Å². The number of piperazine rings is 1. The zero-order chi connectivity index (χ0) is 21.5. The van der Waals surface area contributed by atoms with Crippen molar-refractivity contribution in [3.8, 4) is 0 Å². The summed E-state index contributed by atoms with van der Waals surface area (Å²) in [6.07, 6.45) is 11.9. The Morgan fingerprint density at radius 1 is 1.12 bits per heavy atom. The van der Waals surface area contributed by atoms with Crippen LogP contribution < -0.4 is 20.9 Å². The number of nitrogens with one attached hydrogen (secondary N) is 3. The van der Waals surface area contributed by atoms with Crippen molar-refractivity contribution in [2.24, 2.45) is 5.11 Å². The Balaban J connectivity index is 1.28. The van der Waals surface area contributed by atoms with Gasteiger partial charge < -0.3 is 20.9 Å². The number of allylic oxidation sites excluding steroid dienone is 2. The maximum Gasteiger partial charge on any atom is 0.254 e. The third-order valence-electron chi connectivity index (χ3n) is 6.35. The number of fused-ring (bicyclic) bond motifs is 2. The zero-order valence-electron chi connectivity index (χ0n) is 17.6. The van der Waals surface area contributed by atoms with Gasteiger partial charge in [-0.05, 0) is 40.5 Å². The van der Waals surface area contributed by atoms with E-state index >= 15 is 0 Å². The lowest BCUT2D eigenvalue weighted by atomic mass is 9.91. The summed E-state index contributed by atoms with van der Waals surface area (Å²) in [6, 6.07) is 8.17. The summed E-state index contributed by atoms with van der Waals surface area (Å²) in [5.74, 6) is 0.661. The lowest BCUT2D eigenvalue weighted by molar-refractivity contribution is -0.533. The maximum atomic E-state index is 12.7. The molecule has 1 unspecified atom stereocenters. The second-order valence-corrected chi connectivity index (χ2v) is 8.21. The van der Waals surface area contributed by atoms with Crippen LogP contribution in [0.1, 0.15) is 21.5 Å². The predicted octanol–water partition coefficient (Wildman–Crippen LogP) is 2.75. The van der Waals surface area contributed by atoms with Crippen LogP contribution in [0.5, 0.6) is 0 Å². The van der Waals surface area contributed by atoms with Crippen molar-refractivity contribution in [2.45, 2.75) is 12.6 Å². The Morgan fingerprint density at radius 3 is 2.88 bits per heavy atom. The van der Waals surface area contributed by atoms with Crippen molar-refractivity contribution in [1.82, 2.24) is 15.6 Å². The molecule has 0 aliphatic carbocycles. The van der Waals surface area contributed by atoms with Gasteiger partial charge in [0.05, 0.1) is 28.7 Å². The van der Waals surface area contributed by atoms with Gasteiger partial charge in [-0.3, -0.25) is 4.79 Å². The predicted molar refractivity (Wildman–Crippen MR) is 123 cm³/mol. The summed E-state index contributed by atoms with van der Waals surface area (Å²) >= 11 is 0. The van der Waals surface area contributed by atoms with Gasteiger partial charge in [-0.25, -0.2) is 4.98 Å². The van der Waals surface area contributed by atoms with Crippen LogP contribution in [-0.2, 0) is 6.54 Å². The van der Waals surface area contributed by atoms with E-state index in [1.807, 2.05) is 47.6 Å². The molecule has 2 aromatic rings. The largest absolute Gasteiger partial charge is 0.368 e. The highest BCUT2D eigenvalue weighted by molar-refractivity contribution is 6.05. The molecule has 1 fully saturated rings. The van der Waals surface area contributed by atoms with Crippen LogP contribution in [0.2, 0.25) is 0 Å². The fourth-order valence-corrected chi connectivity index (χ4v) is 4.71. The number of amides is 1.